The van der Waals surface area contributed by atoms with Gasteiger partial charge in [0.15, 0.2) is 34.9 Å². The molecule has 22 N–H and O–H groups in total. The molecular formula is C78H72N32. The largest absolute Gasteiger partial charge is 0.384 e. The summed E-state index contributed by atoms with van der Waals surface area (Å²) in [5.74, 6) is 14.1. The van der Waals surface area contributed by atoms with Crippen molar-refractivity contribution in [2.45, 2.75) is 0 Å². The molecule has 0 aliphatic heterocycles. The first-order valence-corrected chi connectivity index (χ1v) is 33.3. The molecule has 10 aromatic heterocycles. The van der Waals surface area contributed by atoms with E-state index in [4.69, 9.17) is 67.5 Å². The van der Waals surface area contributed by atoms with Gasteiger partial charge in [-0.25, -0.2) is 29.9 Å². The quantitative estimate of drug-likeness (QED) is 0.0185. The van der Waals surface area contributed by atoms with E-state index in [1.54, 1.807) is 73.3 Å². The highest BCUT2D eigenvalue weighted by atomic mass is 15.2. The van der Waals surface area contributed by atoms with Gasteiger partial charge >= 0.3 is 0 Å². The lowest BCUT2D eigenvalue weighted by atomic mass is 10.1. The Bertz CT molecular complexity index is 5600. The van der Waals surface area contributed by atoms with Gasteiger partial charge in [-0.15, -0.1) is 40.9 Å². The van der Waals surface area contributed by atoms with Gasteiger partial charge in [-0.2, -0.15) is 0 Å². The summed E-state index contributed by atoms with van der Waals surface area (Å²) in [6, 6.07) is 44.6. The Morgan fingerprint density at radius 1 is 0.364 bits per heavy atom. The summed E-state index contributed by atoms with van der Waals surface area (Å²) in [4.78, 5) is 43.6. The van der Waals surface area contributed by atoms with E-state index in [9.17, 15) is 0 Å². The summed E-state index contributed by atoms with van der Waals surface area (Å²) >= 11 is 0. The zero-order valence-electron chi connectivity index (χ0n) is 59.7. The van der Waals surface area contributed by atoms with Crippen LogP contribution >= 0.6 is 0 Å². The van der Waals surface area contributed by atoms with Crippen LogP contribution in [0.25, 0.3) is 65.6 Å². The van der Waals surface area contributed by atoms with Gasteiger partial charge in [0.05, 0.1) is 25.5 Å². The SMILES string of the molecule is CN(C)CC#Cc1ccc2cnc(N)c(N=Nc3ccc(C(=N)N)cn3)c2c1.CN(C)CC#Cc1ccc2cnc(N)c(N=Nc3ccc(C(=N)N)nc3)c2c1.N=C(N)c1ccc(N=Nc2c(N)ncc3ccc(-c4ccc[nH]4)cc23)cn1.N=C(N)c1ccc(N=Nc2c(N)ncc3ccc(-c4ccc[nH]4)cc23)nc1. The van der Waals surface area contributed by atoms with Gasteiger partial charge in [0.2, 0.25) is 0 Å². The highest BCUT2D eigenvalue weighted by Gasteiger charge is 2.14. The number of fused-ring (bicyclic) bond motifs is 4. The second kappa shape index (κ2) is 35.1. The Balaban J connectivity index is 0.000000145. The molecule has 0 bridgehead atoms. The van der Waals surface area contributed by atoms with Crippen LogP contribution in [0.1, 0.15) is 33.6 Å². The van der Waals surface area contributed by atoms with E-state index in [1.807, 2.05) is 147 Å². The monoisotopic (exact) mass is 1460 g/mol. The van der Waals surface area contributed by atoms with Gasteiger partial charge in [0.25, 0.3) is 0 Å². The minimum Gasteiger partial charge on any atom is -0.384 e. The molecule has 0 radical (unpaired) electrons. The number of anilines is 4. The summed E-state index contributed by atoms with van der Waals surface area (Å²) in [6.45, 7) is 1.34. The fourth-order valence-electron chi connectivity index (χ4n) is 10.2. The van der Waals surface area contributed by atoms with Crippen molar-refractivity contribution >= 4 is 135 Å². The van der Waals surface area contributed by atoms with E-state index in [1.165, 1.54) is 24.8 Å². The molecule has 32 nitrogen and oxygen atoms in total. The van der Waals surface area contributed by atoms with Crippen molar-refractivity contribution in [1.82, 2.24) is 59.6 Å². The lowest BCUT2D eigenvalue weighted by molar-refractivity contribution is 0.464. The van der Waals surface area contributed by atoms with Crippen molar-refractivity contribution in [3.8, 4) is 46.2 Å². The fraction of sp³-hybridized carbons (Fsp3) is 0.0769. The maximum atomic E-state index is 7.40. The minimum atomic E-state index is -0.103. The standard InChI is InChI=1S/2C20H20N8.2C19H16N8/c1-28(2)9-3-4-13-5-6-14-11-25-20(23)18(16(14)10-13)27-26-15-7-8-17(19(21)22)24-12-15;1-28(2)9-3-4-13-5-6-14-11-25-20(23)18(16(14)10-13)27-26-17-8-7-15(12-24-17)19(21)22;20-18(21)16-6-5-13(10-24-16)26-27-17-14-8-11(15-2-1-7-23-15)3-4-12(14)9-25-19(17)22;20-18(21)13-5-6-16(24-10-13)26-27-17-14-8-11(15-2-1-7-23-15)3-4-12(14)9-25-19(17)22/h2*5-8,10-12H,9H2,1-2H3,(H3,21,22)(H2,23,25);2*1-10,23H,(H3,20,21)(H2,22,25). The predicted octanol–water partition coefficient (Wildman–Crippen LogP) is 13.5. The Labute approximate surface area is 629 Å². The number of hydrogen-bond donors (Lipinski definition) is 14. The number of amidine groups is 4. The van der Waals surface area contributed by atoms with E-state index in [-0.39, 0.29) is 40.8 Å². The smallest absolute Gasteiger partial charge is 0.174 e. The number of H-pyrrole nitrogens is 2. The Kier molecular flexibility index (Phi) is 24.1. The molecule has 0 saturated heterocycles. The van der Waals surface area contributed by atoms with Crippen molar-refractivity contribution in [2.24, 2.45) is 63.8 Å². The third-order valence-corrected chi connectivity index (χ3v) is 15.9. The van der Waals surface area contributed by atoms with E-state index in [0.29, 0.717) is 87.2 Å². The minimum absolute atomic E-state index is 0.0506. The molecule has 14 rings (SSSR count). The molecule has 32 heteroatoms. The number of aromatic amines is 2. The molecule has 4 aromatic carbocycles. The summed E-state index contributed by atoms with van der Waals surface area (Å²) in [7, 11) is 7.88. The summed E-state index contributed by atoms with van der Waals surface area (Å²) in [6.07, 6.45) is 16.5. The summed E-state index contributed by atoms with van der Waals surface area (Å²) in [5.41, 5.74) is 56.4. The zero-order chi connectivity index (χ0) is 77.8. The van der Waals surface area contributed by atoms with E-state index in [0.717, 1.165) is 76.7 Å². The molecule has 0 fully saturated rings. The topological polar surface area (TPSA) is 544 Å². The molecule has 544 valence electrons. The number of nitrogens with one attached hydrogen (secondary N) is 6. The molecule has 10 heterocycles. The second-order valence-electron chi connectivity index (χ2n) is 24.5. The Morgan fingerprint density at radius 2 is 0.718 bits per heavy atom. The molecule has 0 saturated carbocycles. The maximum Gasteiger partial charge on any atom is 0.174 e. The number of azo groups is 4. The number of rotatable bonds is 16. The number of nitrogen functional groups attached to an aromatic ring is 8. The van der Waals surface area contributed by atoms with Gasteiger partial charge in [0.1, 0.15) is 68.9 Å². The third-order valence-electron chi connectivity index (χ3n) is 15.9. The first-order chi connectivity index (χ1) is 53.1. The summed E-state index contributed by atoms with van der Waals surface area (Å²) in [5, 5.41) is 70.3. The fourth-order valence-corrected chi connectivity index (χ4v) is 10.2. The maximum absolute atomic E-state index is 7.40. The predicted molar refractivity (Wildman–Crippen MR) is 433 cm³/mol. The zero-order valence-corrected chi connectivity index (χ0v) is 59.7. The van der Waals surface area contributed by atoms with Gasteiger partial charge in [-0.05, 0) is 149 Å². The van der Waals surface area contributed by atoms with Crippen molar-refractivity contribution < 1.29 is 0 Å². The van der Waals surface area contributed by atoms with E-state index >= 15 is 0 Å². The van der Waals surface area contributed by atoms with Gasteiger partial charge < -0.3 is 55.8 Å². The average Bonchev–Trinajstić information content (AvgIpc) is 1.28. The molecule has 0 aliphatic rings. The lowest BCUT2D eigenvalue weighted by Gasteiger charge is -2.06. The van der Waals surface area contributed by atoms with Crippen molar-refractivity contribution in [1.29, 1.82) is 21.6 Å². The number of hydrogen-bond acceptors (Lipinski definition) is 26. The molecule has 0 atom stereocenters. The number of nitrogens with zero attached hydrogens (tertiary/aromatic N) is 18. The number of nitrogens with two attached hydrogens (primary N) is 8. The van der Waals surface area contributed by atoms with Crippen LogP contribution in [-0.2, 0) is 0 Å². The highest BCUT2D eigenvalue weighted by molar-refractivity contribution is 6.02. The van der Waals surface area contributed by atoms with Crippen LogP contribution in [0.15, 0.2) is 248 Å². The second-order valence-corrected chi connectivity index (χ2v) is 24.5. The summed E-state index contributed by atoms with van der Waals surface area (Å²) < 4.78 is 0. The van der Waals surface area contributed by atoms with E-state index in [2.05, 4.69) is 114 Å². The first-order valence-electron chi connectivity index (χ1n) is 33.3. The molecule has 0 aliphatic carbocycles. The van der Waals surface area contributed by atoms with Gasteiger partial charge in [0, 0.05) is 126 Å². The lowest BCUT2D eigenvalue weighted by Crippen LogP contribution is -2.12. The molecular weight excluding hydrogens is 1390 g/mol. The molecule has 0 unspecified atom stereocenters. The highest BCUT2D eigenvalue weighted by Crippen LogP contribution is 2.38. The average molecular weight is 1460 g/mol. The molecule has 110 heavy (non-hydrogen) atoms. The van der Waals surface area contributed by atoms with Crippen molar-refractivity contribution in [3.63, 3.8) is 0 Å². The van der Waals surface area contributed by atoms with Crippen molar-refractivity contribution in [3.05, 3.63) is 241 Å². The van der Waals surface area contributed by atoms with Crippen LogP contribution in [0.5, 0.6) is 0 Å². The first kappa shape index (κ1) is 75.4. The number of benzene rings is 4. The van der Waals surface area contributed by atoms with Crippen molar-refractivity contribution in [2.75, 3.05) is 64.2 Å². The Morgan fingerprint density at radius 3 is 1.02 bits per heavy atom. The number of aromatic nitrogens is 10. The molecule has 0 amide bonds. The third kappa shape index (κ3) is 19.5. The van der Waals surface area contributed by atoms with Crippen LogP contribution in [0.4, 0.5) is 69.0 Å². The molecule has 14 aromatic rings. The van der Waals surface area contributed by atoms with Gasteiger partial charge in [-0.1, -0.05) is 60.1 Å². The number of pyridine rings is 8. The molecule has 0 spiro atoms. The van der Waals surface area contributed by atoms with Crippen LogP contribution in [0, 0.1) is 45.3 Å². The van der Waals surface area contributed by atoms with Gasteiger partial charge in [-0.3, -0.25) is 41.4 Å². The van der Waals surface area contributed by atoms with Crippen LogP contribution in [0.2, 0.25) is 0 Å². The van der Waals surface area contributed by atoms with Crippen LogP contribution in [-0.4, -0.2) is 124 Å². The van der Waals surface area contributed by atoms with Crippen LogP contribution in [0.3, 0.4) is 0 Å². The normalized spacial score (nSPS) is 11.1. The van der Waals surface area contributed by atoms with Crippen LogP contribution < -0.4 is 45.9 Å². The van der Waals surface area contributed by atoms with E-state index < -0.39 is 0 Å². The Hall–Kier alpha value is -15.8.